The van der Waals surface area contributed by atoms with Gasteiger partial charge in [0.25, 0.3) is 5.91 Å². The Bertz CT molecular complexity index is 273. The van der Waals surface area contributed by atoms with Crippen molar-refractivity contribution >= 4 is 5.91 Å². The maximum atomic E-state index is 11.6. The first-order chi connectivity index (χ1) is 5.74. The number of pyridine rings is 1. The number of primary amides is 1. The van der Waals surface area contributed by atoms with E-state index < -0.39 is 12.8 Å². The first-order valence-corrected chi connectivity index (χ1v) is 3.18. The van der Waals surface area contributed by atoms with Gasteiger partial charge in [-0.2, -0.15) is 0 Å². The quantitative estimate of drug-likeness (QED) is 0.717. The Kier molecular flexibility index (Phi) is 2.57. The fraction of sp³-hybridized carbons (Fsp3) is 0.143. The Balaban J connectivity index is 2.78. The fourth-order valence-corrected chi connectivity index (χ4v) is 0.674. The summed E-state index contributed by atoms with van der Waals surface area (Å²) < 4.78 is 16.1. The van der Waals surface area contributed by atoms with Gasteiger partial charge in [0.05, 0.1) is 6.20 Å². The zero-order valence-corrected chi connectivity index (χ0v) is 6.16. The van der Waals surface area contributed by atoms with Gasteiger partial charge >= 0.3 is 0 Å². The maximum absolute atomic E-state index is 11.6. The van der Waals surface area contributed by atoms with E-state index in [1.165, 1.54) is 18.3 Å². The molecule has 0 saturated carbocycles. The minimum absolute atomic E-state index is 0.126. The number of carbonyl (C=O) groups excluding carboxylic acids is 1. The second-order valence-electron chi connectivity index (χ2n) is 2.00. The van der Waals surface area contributed by atoms with E-state index in [9.17, 15) is 9.18 Å². The third-order valence-electron chi connectivity index (χ3n) is 1.21. The summed E-state index contributed by atoms with van der Waals surface area (Å²) in [4.78, 5) is 14.1. The number of hydrogen-bond acceptors (Lipinski definition) is 3. The van der Waals surface area contributed by atoms with Crippen LogP contribution < -0.4 is 10.5 Å². The lowest BCUT2D eigenvalue weighted by Crippen LogP contribution is -2.12. The lowest BCUT2D eigenvalue weighted by Gasteiger charge is -1.99. The standard InChI is InChI=1S/C7H7FN2O2/c8-4-12-5-1-2-6(7(9)11)10-3-5/h1-3H,4H2,(H2,9,11). The molecule has 2 N–H and O–H groups in total. The Morgan fingerprint density at radius 3 is 2.83 bits per heavy atom. The van der Waals surface area contributed by atoms with E-state index >= 15 is 0 Å². The number of halogens is 1. The molecule has 1 heterocycles. The van der Waals surface area contributed by atoms with E-state index in [0.717, 1.165) is 0 Å². The molecule has 0 saturated heterocycles. The van der Waals surface area contributed by atoms with Crippen molar-refractivity contribution in [2.75, 3.05) is 6.86 Å². The summed E-state index contributed by atoms with van der Waals surface area (Å²) in [6.45, 7) is -0.919. The van der Waals surface area contributed by atoms with E-state index in [1.807, 2.05) is 0 Å². The Morgan fingerprint density at radius 1 is 1.67 bits per heavy atom. The summed E-state index contributed by atoms with van der Waals surface area (Å²) in [7, 11) is 0. The first kappa shape index (κ1) is 8.45. The van der Waals surface area contributed by atoms with Gasteiger partial charge in [-0.25, -0.2) is 9.37 Å². The number of rotatable bonds is 3. The third kappa shape index (κ3) is 1.91. The summed E-state index contributed by atoms with van der Waals surface area (Å²) in [6, 6.07) is 2.79. The van der Waals surface area contributed by atoms with Gasteiger partial charge in [-0.05, 0) is 12.1 Å². The molecule has 0 spiro atoms. The van der Waals surface area contributed by atoms with Gasteiger partial charge < -0.3 is 10.5 Å². The van der Waals surface area contributed by atoms with Crippen LogP contribution in [0.15, 0.2) is 18.3 Å². The number of nitrogens with two attached hydrogens (primary N) is 1. The second-order valence-corrected chi connectivity index (χ2v) is 2.00. The molecule has 0 fully saturated rings. The van der Waals surface area contributed by atoms with E-state index in [0.29, 0.717) is 0 Å². The van der Waals surface area contributed by atoms with Crippen LogP contribution in [0.3, 0.4) is 0 Å². The average Bonchev–Trinajstić information content (AvgIpc) is 2.06. The molecule has 1 aromatic heterocycles. The number of alkyl halides is 1. The van der Waals surface area contributed by atoms with Crippen LogP contribution in [0.25, 0.3) is 0 Å². The van der Waals surface area contributed by atoms with Crippen molar-refractivity contribution in [2.45, 2.75) is 0 Å². The van der Waals surface area contributed by atoms with Gasteiger partial charge in [0.1, 0.15) is 11.4 Å². The van der Waals surface area contributed by atoms with Gasteiger partial charge in [-0.1, -0.05) is 0 Å². The highest BCUT2D eigenvalue weighted by molar-refractivity contribution is 5.90. The Hall–Kier alpha value is -1.65. The first-order valence-electron chi connectivity index (χ1n) is 3.18. The molecule has 0 aliphatic carbocycles. The largest absolute Gasteiger partial charge is 0.461 e. The van der Waals surface area contributed by atoms with Crippen LogP contribution in [0.4, 0.5) is 4.39 Å². The highest BCUT2D eigenvalue weighted by Gasteiger charge is 2.00. The van der Waals surface area contributed by atoms with Crippen molar-refractivity contribution in [2.24, 2.45) is 5.73 Å². The van der Waals surface area contributed by atoms with Gasteiger partial charge in [-0.3, -0.25) is 4.79 Å². The van der Waals surface area contributed by atoms with Crippen LogP contribution in [0.2, 0.25) is 0 Å². The summed E-state index contributed by atoms with van der Waals surface area (Å²) in [5.41, 5.74) is 5.05. The van der Waals surface area contributed by atoms with Crippen molar-refractivity contribution in [1.82, 2.24) is 4.98 Å². The average molecular weight is 170 g/mol. The number of ether oxygens (including phenoxy) is 1. The lowest BCUT2D eigenvalue weighted by atomic mass is 10.3. The maximum Gasteiger partial charge on any atom is 0.267 e. The van der Waals surface area contributed by atoms with E-state index in [-0.39, 0.29) is 11.4 Å². The molecule has 5 heteroatoms. The van der Waals surface area contributed by atoms with Crippen LogP contribution in [0.1, 0.15) is 10.5 Å². The highest BCUT2D eigenvalue weighted by atomic mass is 19.1. The van der Waals surface area contributed by atoms with Crippen molar-refractivity contribution in [1.29, 1.82) is 0 Å². The SMILES string of the molecule is NC(=O)c1ccc(OCF)cn1. The molecule has 12 heavy (non-hydrogen) atoms. The van der Waals surface area contributed by atoms with Crippen molar-refractivity contribution in [3.8, 4) is 5.75 Å². The molecule has 0 unspecified atom stereocenters. The molecule has 64 valence electrons. The minimum atomic E-state index is -0.919. The molecule has 0 bridgehead atoms. The van der Waals surface area contributed by atoms with Crippen molar-refractivity contribution in [3.63, 3.8) is 0 Å². The Morgan fingerprint density at radius 2 is 2.42 bits per heavy atom. The minimum Gasteiger partial charge on any atom is -0.461 e. The molecular weight excluding hydrogens is 163 g/mol. The molecule has 1 rings (SSSR count). The van der Waals surface area contributed by atoms with Gasteiger partial charge in [0.2, 0.25) is 6.86 Å². The number of carbonyl (C=O) groups is 1. The molecule has 1 aromatic rings. The van der Waals surface area contributed by atoms with E-state index in [4.69, 9.17) is 5.73 Å². The van der Waals surface area contributed by atoms with Crippen LogP contribution in [-0.2, 0) is 0 Å². The summed E-state index contributed by atoms with van der Waals surface area (Å²) >= 11 is 0. The van der Waals surface area contributed by atoms with Crippen LogP contribution in [0, 0.1) is 0 Å². The summed E-state index contributed by atoms with van der Waals surface area (Å²) in [5, 5.41) is 0. The monoisotopic (exact) mass is 170 g/mol. The second kappa shape index (κ2) is 3.66. The lowest BCUT2D eigenvalue weighted by molar-refractivity contribution is 0.0995. The van der Waals surface area contributed by atoms with Crippen LogP contribution in [-0.4, -0.2) is 17.8 Å². The number of aromatic nitrogens is 1. The topological polar surface area (TPSA) is 65.2 Å². The third-order valence-corrected chi connectivity index (χ3v) is 1.21. The zero-order chi connectivity index (χ0) is 8.97. The molecule has 0 atom stereocenters. The Labute approximate surface area is 68.2 Å². The van der Waals surface area contributed by atoms with E-state index in [2.05, 4.69) is 9.72 Å². The summed E-state index contributed by atoms with van der Waals surface area (Å²) in [6.07, 6.45) is 1.24. The predicted molar refractivity (Wildman–Crippen MR) is 39.4 cm³/mol. The predicted octanol–water partition coefficient (Wildman–Crippen LogP) is 0.486. The fourth-order valence-electron chi connectivity index (χ4n) is 0.674. The number of nitrogens with zero attached hydrogens (tertiary/aromatic N) is 1. The molecule has 0 aromatic carbocycles. The molecule has 0 aliphatic heterocycles. The van der Waals surface area contributed by atoms with E-state index in [1.54, 1.807) is 0 Å². The van der Waals surface area contributed by atoms with Crippen molar-refractivity contribution < 1.29 is 13.9 Å². The molecule has 1 amide bonds. The van der Waals surface area contributed by atoms with Gasteiger partial charge in [0.15, 0.2) is 0 Å². The smallest absolute Gasteiger partial charge is 0.267 e. The van der Waals surface area contributed by atoms with Gasteiger partial charge in [-0.15, -0.1) is 0 Å². The normalized spacial score (nSPS) is 9.42. The zero-order valence-electron chi connectivity index (χ0n) is 6.16. The molecule has 0 radical (unpaired) electrons. The molecular formula is C7H7FN2O2. The van der Waals surface area contributed by atoms with Crippen molar-refractivity contribution in [3.05, 3.63) is 24.0 Å². The highest BCUT2D eigenvalue weighted by Crippen LogP contribution is 2.08. The van der Waals surface area contributed by atoms with Gasteiger partial charge in [0, 0.05) is 0 Å². The summed E-state index contributed by atoms with van der Waals surface area (Å²) in [5.74, 6) is -0.357. The number of amides is 1. The van der Waals surface area contributed by atoms with Crippen LogP contribution in [0.5, 0.6) is 5.75 Å². The molecule has 0 aliphatic rings. The van der Waals surface area contributed by atoms with Crippen LogP contribution >= 0.6 is 0 Å². The number of hydrogen-bond donors (Lipinski definition) is 1. The molecule has 4 nitrogen and oxygen atoms in total.